The molecule has 0 heterocycles. The maximum atomic E-state index is 11.1. The third-order valence-corrected chi connectivity index (χ3v) is 3.30. The summed E-state index contributed by atoms with van der Waals surface area (Å²) in [6.45, 7) is 4.43. The number of nitrogens with two attached hydrogens (primary N) is 1. The Labute approximate surface area is 144 Å². The summed E-state index contributed by atoms with van der Waals surface area (Å²) in [6.07, 6.45) is 12.9. The molecule has 0 rings (SSSR count). The molecule has 0 radical (unpaired) electrons. The Morgan fingerprint density at radius 1 is 0.833 bits per heavy atom. The number of carboxylic acids is 2. The minimum absolute atomic E-state index is 0.286. The summed E-state index contributed by atoms with van der Waals surface area (Å²) in [7, 11) is 0. The monoisotopic (exact) mass is 347 g/mol. The Kier molecular flexibility index (Phi) is 18.2. The molecule has 0 saturated heterocycles. The van der Waals surface area contributed by atoms with Crippen LogP contribution in [0.25, 0.3) is 0 Å². The highest BCUT2D eigenvalue weighted by Crippen LogP contribution is 2.10. The minimum atomic E-state index is -1.82. The van der Waals surface area contributed by atoms with Gasteiger partial charge in [-0.1, -0.05) is 64.7 Å². The van der Waals surface area contributed by atoms with Gasteiger partial charge < -0.3 is 20.7 Å². The second-order valence-corrected chi connectivity index (χ2v) is 5.75. The van der Waals surface area contributed by atoms with Gasteiger partial charge >= 0.3 is 17.9 Å². The number of hydrogen-bond acceptors (Lipinski definition) is 5. The van der Waals surface area contributed by atoms with Crippen molar-refractivity contribution >= 4 is 17.9 Å². The van der Waals surface area contributed by atoms with Crippen molar-refractivity contribution in [1.29, 1.82) is 0 Å². The van der Waals surface area contributed by atoms with Gasteiger partial charge in [0.05, 0.1) is 6.61 Å². The summed E-state index contributed by atoms with van der Waals surface area (Å²) in [5.74, 6) is -3.93. The molecule has 0 spiro atoms. The predicted molar refractivity (Wildman–Crippen MR) is 91.7 cm³/mol. The van der Waals surface area contributed by atoms with Crippen LogP contribution in [0.5, 0.6) is 0 Å². The van der Waals surface area contributed by atoms with Gasteiger partial charge in [-0.05, 0) is 13.3 Å². The van der Waals surface area contributed by atoms with E-state index < -0.39 is 18.0 Å². The van der Waals surface area contributed by atoms with Gasteiger partial charge in [-0.25, -0.2) is 9.59 Å². The first-order valence-corrected chi connectivity index (χ1v) is 8.71. The third-order valence-electron chi connectivity index (χ3n) is 3.30. The minimum Gasteiger partial charge on any atom is -0.473 e. The summed E-state index contributed by atoms with van der Waals surface area (Å²) in [5, 5.41) is 14.8. The Hall–Kier alpha value is -1.63. The lowest BCUT2D eigenvalue weighted by molar-refractivity contribution is -0.159. The largest absolute Gasteiger partial charge is 0.473 e. The van der Waals surface area contributed by atoms with Crippen LogP contribution >= 0.6 is 0 Å². The molecule has 0 aliphatic carbocycles. The Balaban J connectivity index is 0. The number of hydrogen-bond donors (Lipinski definition) is 3. The van der Waals surface area contributed by atoms with Crippen LogP contribution in [0.4, 0.5) is 0 Å². The fourth-order valence-corrected chi connectivity index (χ4v) is 1.89. The third kappa shape index (κ3) is 20.4. The predicted octanol–water partition coefficient (Wildman–Crippen LogP) is 2.95. The molecule has 4 N–H and O–H groups in total. The molecule has 0 unspecified atom stereocenters. The van der Waals surface area contributed by atoms with E-state index in [-0.39, 0.29) is 5.97 Å². The molecule has 24 heavy (non-hydrogen) atoms. The fourth-order valence-electron chi connectivity index (χ4n) is 1.89. The van der Waals surface area contributed by atoms with Crippen molar-refractivity contribution in [1.82, 2.24) is 0 Å². The number of carbonyl (C=O) groups is 3. The van der Waals surface area contributed by atoms with E-state index in [0.29, 0.717) is 6.61 Å². The van der Waals surface area contributed by atoms with E-state index in [0.717, 1.165) is 12.8 Å². The Bertz CT molecular complexity index is 332. The van der Waals surface area contributed by atoms with Gasteiger partial charge in [0.2, 0.25) is 0 Å². The van der Waals surface area contributed by atoms with Crippen molar-refractivity contribution in [2.24, 2.45) is 5.73 Å². The van der Waals surface area contributed by atoms with E-state index >= 15 is 0 Å². The zero-order valence-electron chi connectivity index (χ0n) is 15.0. The molecule has 7 heteroatoms. The van der Waals surface area contributed by atoms with Gasteiger partial charge in [0.15, 0.2) is 0 Å². The van der Waals surface area contributed by atoms with Gasteiger partial charge in [0.25, 0.3) is 0 Å². The number of esters is 1. The van der Waals surface area contributed by atoms with Crippen LogP contribution in [-0.2, 0) is 19.1 Å². The van der Waals surface area contributed by atoms with E-state index in [1.54, 1.807) is 6.92 Å². The van der Waals surface area contributed by atoms with E-state index in [4.69, 9.17) is 30.3 Å². The number of carboxylic acid groups (broad SMARTS) is 2. The fraction of sp³-hybridized carbons (Fsp3) is 0.824. The maximum absolute atomic E-state index is 11.1. The molecule has 1 atom stereocenters. The van der Waals surface area contributed by atoms with Crippen molar-refractivity contribution in [2.45, 2.75) is 84.1 Å². The topological polar surface area (TPSA) is 127 Å². The summed E-state index contributed by atoms with van der Waals surface area (Å²) in [5.41, 5.74) is 5.39. The second kappa shape index (κ2) is 17.7. The van der Waals surface area contributed by atoms with E-state index in [1.807, 2.05) is 0 Å². The van der Waals surface area contributed by atoms with Gasteiger partial charge in [-0.15, -0.1) is 0 Å². The molecule has 0 saturated carbocycles. The number of ether oxygens (including phenoxy) is 1. The van der Waals surface area contributed by atoms with Gasteiger partial charge in [-0.2, -0.15) is 0 Å². The van der Waals surface area contributed by atoms with Crippen molar-refractivity contribution in [2.75, 3.05) is 6.61 Å². The molecular weight excluding hydrogens is 314 g/mol. The summed E-state index contributed by atoms with van der Waals surface area (Å²) in [4.78, 5) is 29.3. The molecular formula is C17H33NO6. The van der Waals surface area contributed by atoms with Crippen LogP contribution in [-0.4, -0.2) is 40.8 Å². The smallest absolute Gasteiger partial charge is 0.414 e. The lowest BCUT2D eigenvalue weighted by atomic mass is 10.1. The summed E-state index contributed by atoms with van der Waals surface area (Å²) < 4.78 is 5.01. The van der Waals surface area contributed by atoms with E-state index in [2.05, 4.69) is 6.92 Å². The first kappa shape index (κ1) is 24.6. The van der Waals surface area contributed by atoms with Crippen LogP contribution in [0.3, 0.4) is 0 Å². The zero-order valence-corrected chi connectivity index (χ0v) is 15.0. The molecule has 0 aromatic rings. The van der Waals surface area contributed by atoms with Gasteiger partial charge in [-0.3, -0.25) is 4.79 Å². The van der Waals surface area contributed by atoms with E-state index in [1.165, 1.54) is 51.4 Å². The highest BCUT2D eigenvalue weighted by molar-refractivity contribution is 6.27. The average molecular weight is 347 g/mol. The summed E-state index contributed by atoms with van der Waals surface area (Å²) in [6, 6.07) is -0.492. The Morgan fingerprint density at radius 3 is 1.54 bits per heavy atom. The number of aliphatic carboxylic acids is 2. The first-order valence-electron chi connectivity index (χ1n) is 8.71. The van der Waals surface area contributed by atoms with Crippen LogP contribution in [0.2, 0.25) is 0 Å². The van der Waals surface area contributed by atoms with Gasteiger partial charge in [0.1, 0.15) is 6.04 Å². The lowest BCUT2D eigenvalue weighted by Gasteiger charge is -2.06. The molecule has 0 amide bonds. The van der Waals surface area contributed by atoms with Crippen molar-refractivity contribution in [3.05, 3.63) is 0 Å². The number of unbranched alkanes of at least 4 members (excludes halogenated alkanes) is 9. The van der Waals surface area contributed by atoms with Crippen molar-refractivity contribution in [3.63, 3.8) is 0 Å². The van der Waals surface area contributed by atoms with E-state index in [9.17, 15) is 4.79 Å². The maximum Gasteiger partial charge on any atom is 0.414 e. The van der Waals surface area contributed by atoms with Gasteiger partial charge in [0, 0.05) is 0 Å². The van der Waals surface area contributed by atoms with Crippen LogP contribution in [0, 0.1) is 0 Å². The number of carbonyl (C=O) groups excluding carboxylic acids is 1. The van der Waals surface area contributed by atoms with Crippen molar-refractivity contribution < 1.29 is 29.3 Å². The quantitative estimate of drug-likeness (QED) is 0.281. The molecule has 0 aliphatic rings. The first-order chi connectivity index (χ1) is 11.3. The lowest BCUT2D eigenvalue weighted by Crippen LogP contribution is -2.28. The van der Waals surface area contributed by atoms with Crippen LogP contribution in [0.1, 0.15) is 78.1 Å². The normalized spacial score (nSPS) is 11.1. The molecule has 0 bridgehead atoms. The summed E-state index contributed by atoms with van der Waals surface area (Å²) >= 11 is 0. The molecule has 0 aromatic carbocycles. The molecule has 0 aliphatic heterocycles. The number of rotatable bonds is 12. The molecule has 0 aromatic heterocycles. The highest BCUT2D eigenvalue weighted by atomic mass is 16.5. The molecule has 7 nitrogen and oxygen atoms in total. The average Bonchev–Trinajstić information content (AvgIpc) is 2.52. The SMILES string of the molecule is CCCCCCCCCCCCOC(=O)[C@H](C)N.O=C(O)C(=O)O. The van der Waals surface area contributed by atoms with Crippen LogP contribution in [0.15, 0.2) is 0 Å². The van der Waals surface area contributed by atoms with Crippen molar-refractivity contribution in [3.8, 4) is 0 Å². The molecule has 142 valence electrons. The zero-order chi connectivity index (χ0) is 18.8. The highest BCUT2D eigenvalue weighted by Gasteiger charge is 2.07. The Morgan fingerprint density at radius 2 is 1.21 bits per heavy atom. The van der Waals surface area contributed by atoms with Crippen LogP contribution < -0.4 is 5.73 Å². The second-order valence-electron chi connectivity index (χ2n) is 5.75. The molecule has 0 fully saturated rings. The standard InChI is InChI=1S/C15H31NO2.C2H2O4/c1-3-4-5-6-7-8-9-10-11-12-13-18-15(17)14(2)16;3-1(4)2(5)6/h14H,3-13,16H2,1-2H3;(H,3,4)(H,5,6)/t14-;/m0./s1.